The second kappa shape index (κ2) is 6.74. The van der Waals surface area contributed by atoms with Gasteiger partial charge in [-0.15, -0.1) is 0 Å². The van der Waals surface area contributed by atoms with Gasteiger partial charge in [0.25, 0.3) is 0 Å². The summed E-state index contributed by atoms with van der Waals surface area (Å²) < 4.78 is 0. The van der Waals surface area contributed by atoms with E-state index in [2.05, 4.69) is 32.9 Å². The maximum atomic E-state index is 9.30. The zero-order valence-corrected chi connectivity index (χ0v) is 11.0. The van der Waals surface area contributed by atoms with Gasteiger partial charge in [-0.2, -0.15) is 5.26 Å². The van der Waals surface area contributed by atoms with Crippen molar-refractivity contribution in [2.45, 2.75) is 59.3 Å². The summed E-state index contributed by atoms with van der Waals surface area (Å²) in [5.74, 6) is 1.54. The average Bonchev–Trinajstić information content (AvgIpc) is 2.71. The zero-order valence-electron chi connectivity index (χ0n) is 11.0. The smallest absolute Gasteiger partial charge is 0.0661 e. The molecule has 0 bridgehead atoms. The Morgan fingerprint density at radius 2 is 2.00 bits per heavy atom. The number of hydrogen-bond acceptors (Lipinski definition) is 1. The highest BCUT2D eigenvalue weighted by molar-refractivity contribution is 4.96. The molecule has 1 aliphatic rings. The second-order valence-corrected chi connectivity index (χ2v) is 5.54. The van der Waals surface area contributed by atoms with Gasteiger partial charge < -0.3 is 0 Å². The lowest BCUT2D eigenvalue weighted by molar-refractivity contribution is 0.296. The van der Waals surface area contributed by atoms with Crippen molar-refractivity contribution in [1.82, 2.24) is 0 Å². The summed E-state index contributed by atoms with van der Waals surface area (Å²) in [5.41, 5.74) is 1.39. The van der Waals surface area contributed by atoms with Crippen molar-refractivity contribution in [3.8, 4) is 6.07 Å². The lowest BCUT2D eigenvalue weighted by Crippen LogP contribution is -2.18. The molecule has 0 spiro atoms. The monoisotopic (exact) mass is 219 g/mol. The van der Waals surface area contributed by atoms with E-state index in [-0.39, 0.29) is 0 Å². The van der Waals surface area contributed by atoms with Crippen LogP contribution < -0.4 is 0 Å². The molecule has 0 aromatic heterocycles. The Morgan fingerprint density at radius 1 is 1.38 bits per heavy atom. The first-order valence-electron chi connectivity index (χ1n) is 6.68. The topological polar surface area (TPSA) is 23.8 Å². The molecule has 1 fully saturated rings. The van der Waals surface area contributed by atoms with Gasteiger partial charge in [0.15, 0.2) is 0 Å². The molecule has 0 aromatic carbocycles. The summed E-state index contributed by atoms with van der Waals surface area (Å²) in [5, 5.41) is 9.30. The van der Waals surface area contributed by atoms with Crippen LogP contribution in [0.1, 0.15) is 59.3 Å². The first kappa shape index (κ1) is 13.3. The van der Waals surface area contributed by atoms with Crippen LogP contribution in [0.4, 0.5) is 0 Å². The molecule has 1 saturated carbocycles. The van der Waals surface area contributed by atoms with E-state index in [9.17, 15) is 5.26 Å². The van der Waals surface area contributed by atoms with Gasteiger partial charge >= 0.3 is 0 Å². The lowest BCUT2D eigenvalue weighted by atomic mass is 9.80. The van der Waals surface area contributed by atoms with Crippen molar-refractivity contribution >= 4 is 0 Å². The van der Waals surface area contributed by atoms with Crippen LogP contribution in [-0.4, -0.2) is 0 Å². The third-order valence-corrected chi connectivity index (χ3v) is 3.84. The Hall–Kier alpha value is -0.770. The van der Waals surface area contributed by atoms with E-state index < -0.39 is 0 Å². The van der Waals surface area contributed by atoms with Crippen LogP contribution in [-0.2, 0) is 0 Å². The van der Waals surface area contributed by atoms with Gasteiger partial charge in [-0.25, -0.2) is 0 Å². The standard InChI is InChI=1S/C15H25N/c1-12(2)7-6-8-13(3)15(11-16)14-9-4-5-10-14/h7,13-15H,4-6,8-10H2,1-3H3. The highest BCUT2D eigenvalue weighted by Crippen LogP contribution is 2.36. The van der Waals surface area contributed by atoms with Gasteiger partial charge in [0.1, 0.15) is 0 Å². The van der Waals surface area contributed by atoms with E-state index in [0.29, 0.717) is 17.8 Å². The number of rotatable bonds is 5. The van der Waals surface area contributed by atoms with Gasteiger partial charge in [0.2, 0.25) is 0 Å². The Kier molecular flexibility index (Phi) is 5.60. The van der Waals surface area contributed by atoms with Crippen LogP contribution in [0, 0.1) is 29.1 Å². The van der Waals surface area contributed by atoms with E-state index in [0.717, 1.165) is 6.42 Å². The van der Waals surface area contributed by atoms with Gasteiger partial charge in [-0.3, -0.25) is 0 Å². The van der Waals surface area contributed by atoms with Gasteiger partial charge in [-0.05, 0) is 51.4 Å². The maximum Gasteiger partial charge on any atom is 0.0661 e. The molecule has 1 aliphatic carbocycles. The van der Waals surface area contributed by atoms with Crippen LogP contribution in [0.15, 0.2) is 11.6 Å². The molecule has 2 unspecified atom stereocenters. The molecule has 0 aliphatic heterocycles. The van der Waals surface area contributed by atoms with Crippen molar-refractivity contribution in [2.75, 3.05) is 0 Å². The Balaban J connectivity index is 2.40. The summed E-state index contributed by atoms with van der Waals surface area (Å²) in [7, 11) is 0. The van der Waals surface area contributed by atoms with Crippen molar-refractivity contribution < 1.29 is 0 Å². The minimum absolute atomic E-state index is 0.299. The maximum absolute atomic E-state index is 9.30. The molecule has 1 rings (SSSR count). The molecule has 0 radical (unpaired) electrons. The quantitative estimate of drug-likeness (QED) is 0.615. The summed E-state index contributed by atoms with van der Waals surface area (Å²) in [4.78, 5) is 0. The molecule has 2 atom stereocenters. The van der Waals surface area contributed by atoms with Crippen molar-refractivity contribution in [3.63, 3.8) is 0 Å². The molecular formula is C15H25N. The van der Waals surface area contributed by atoms with Crippen LogP contribution in [0.5, 0.6) is 0 Å². The third kappa shape index (κ3) is 4.00. The minimum Gasteiger partial charge on any atom is -0.198 e. The number of hydrogen-bond donors (Lipinski definition) is 0. The van der Waals surface area contributed by atoms with Crippen molar-refractivity contribution in [1.29, 1.82) is 5.26 Å². The molecule has 1 nitrogen and oxygen atoms in total. The fourth-order valence-corrected chi connectivity index (χ4v) is 2.83. The van der Waals surface area contributed by atoms with Crippen LogP contribution in [0.25, 0.3) is 0 Å². The summed E-state index contributed by atoms with van der Waals surface area (Å²) in [6.07, 6.45) is 9.83. The fraction of sp³-hybridized carbons (Fsp3) is 0.800. The highest BCUT2D eigenvalue weighted by atomic mass is 14.4. The van der Waals surface area contributed by atoms with E-state index in [1.165, 1.54) is 37.7 Å². The molecule has 90 valence electrons. The normalized spacial score (nSPS) is 20.1. The molecule has 0 N–H and O–H groups in total. The minimum atomic E-state index is 0.299. The Morgan fingerprint density at radius 3 is 2.50 bits per heavy atom. The molecule has 0 saturated heterocycles. The van der Waals surface area contributed by atoms with Crippen LogP contribution in [0.3, 0.4) is 0 Å². The predicted molar refractivity (Wildman–Crippen MR) is 68.9 cm³/mol. The number of allylic oxidation sites excluding steroid dienone is 2. The van der Waals surface area contributed by atoms with Gasteiger partial charge in [0, 0.05) is 0 Å². The third-order valence-electron chi connectivity index (χ3n) is 3.84. The summed E-state index contributed by atoms with van der Waals surface area (Å²) >= 11 is 0. The first-order valence-corrected chi connectivity index (χ1v) is 6.68. The first-order chi connectivity index (χ1) is 7.65. The van der Waals surface area contributed by atoms with E-state index in [1.807, 2.05) is 0 Å². The van der Waals surface area contributed by atoms with Crippen LogP contribution in [0.2, 0.25) is 0 Å². The molecular weight excluding hydrogens is 194 g/mol. The van der Waals surface area contributed by atoms with Crippen molar-refractivity contribution in [2.24, 2.45) is 17.8 Å². The van der Waals surface area contributed by atoms with Crippen molar-refractivity contribution in [3.05, 3.63) is 11.6 Å². The Labute approximate surface area is 101 Å². The molecule has 1 heteroatoms. The number of nitriles is 1. The average molecular weight is 219 g/mol. The van der Waals surface area contributed by atoms with E-state index >= 15 is 0 Å². The molecule has 16 heavy (non-hydrogen) atoms. The molecule has 0 amide bonds. The van der Waals surface area contributed by atoms with Crippen LogP contribution >= 0.6 is 0 Å². The predicted octanol–water partition coefficient (Wildman–Crippen LogP) is 4.70. The zero-order chi connectivity index (χ0) is 12.0. The van der Waals surface area contributed by atoms with Gasteiger partial charge in [0.05, 0.1) is 12.0 Å². The largest absolute Gasteiger partial charge is 0.198 e. The Bertz CT molecular complexity index is 262. The van der Waals surface area contributed by atoms with E-state index in [4.69, 9.17) is 0 Å². The summed E-state index contributed by atoms with van der Waals surface area (Å²) in [6, 6.07) is 2.56. The fourth-order valence-electron chi connectivity index (χ4n) is 2.83. The highest BCUT2D eigenvalue weighted by Gasteiger charge is 2.28. The molecule has 0 heterocycles. The molecule has 0 aromatic rings. The number of nitrogens with zero attached hydrogens (tertiary/aromatic N) is 1. The van der Waals surface area contributed by atoms with E-state index in [1.54, 1.807) is 0 Å². The van der Waals surface area contributed by atoms with Gasteiger partial charge in [-0.1, -0.05) is 31.4 Å². The lowest BCUT2D eigenvalue weighted by Gasteiger charge is -2.22. The SMILES string of the molecule is CC(C)=CCCC(C)C(C#N)C1CCCC1. The summed E-state index contributed by atoms with van der Waals surface area (Å²) in [6.45, 7) is 6.54. The second-order valence-electron chi connectivity index (χ2n) is 5.54.